The molecule has 0 rings (SSSR count). The first kappa shape index (κ1) is 56.8. The zero-order valence-electron chi connectivity index (χ0n) is 40.6. The molecule has 58 heavy (non-hydrogen) atoms. The van der Waals surface area contributed by atoms with Gasteiger partial charge in [-0.3, -0.25) is 14.4 Å². The van der Waals surface area contributed by atoms with Crippen LogP contribution in [-0.4, -0.2) is 22.6 Å². The molecule has 344 valence electrons. The van der Waals surface area contributed by atoms with Gasteiger partial charge in [0.25, 0.3) is 0 Å². The number of amides is 3. The fourth-order valence-corrected chi connectivity index (χ4v) is 8.54. The van der Waals surface area contributed by atoms with E-state index in [0.29, 0.717) is 19.3 Å². The molecular weight excluding hydrogens is 711 g/mol. The third-order valence-corrected chi connectivity index (χ3v) is 12.5. The number of imide groups is 3. The molecule has 4 heteroatoms. The summed E-state index contributed by atoms with van der Waals surface area (Å²) in [5.74, 6) is 1.77. The van der Waals surface area contributed by atoms with E-state index in [1.54, 1.807) is 0 Å². The first-order valence-electron chi connectivity index (χ1n) is 26.5. The van der Waals surface area contributed by atoms with Crippen LogP contribution in [0.15, 0.2) is 0 Å². The van der Waals surface area contributed by atoms with E-state index < -0.39 is 0 Å². The third-order valence-electron chi connectivity index (χ3n) is 12.5. The molecule has 0 radical (unpaired) electrons. The van der Waals surface area contributed by atoms with Crippen LogP contribution in [0, 0.1) is 17.8 Å². The van der Waals surface area contributed by atoms with Gasteiger partial charge in [0.2, 0.25) is 17.7 Å². The van der Waals surface area contributed by atoms with Gasteiger partial charge in [-0.2, -0.15) is 0 Å². The van der Waals surface area contributed by atoms with E-state index in [1.165, 1.54) is 193 Å². The predicted molar refractivity (Wildman–Crippen MR) is 255 cm³/mol. The number of carbonyl (C=O) groups is 3. The smallest absolute Gasteiger partial charge is 0.236 e. The van der Waals surface area contributed by atoms with Gasteiger partial charge in [0.1, 0.15) is 0 Å². The van der Waals surface area contributed by atoms with Gasteiger partial charge >= 0.3 is 0 Å². The van der Waals surface area contributed by atoms with Gasteiger partial charge in [0, 0.05) is 19.3 Å². The fourth-order valence-electron chi connectivity index (χ4n) is 8.54. The van der Waals surface area contributed by atoms with E-state index in [4.69, 9.17) is 0 Å². The highest BCUT2D eigenvalue weighted by Crippen LogP contribution is 2.19. The highest BCUT2D eigenvalue weighted by molar-refractivity contribution is 6.10. The van der Waals surface area contributed by atoms with Crippen molar-refractivity contribution in [2.45, 2.75) is 311 Å². The molecule has 0 aromatic heterocycles. The summed E-state index contributed by atoms with van der Waals surface area (Å²) in [5, 5.41) is 0. The van der Waals surface area contributed by atoms with Gasteiger partial charge in [-0.05, 0) is 37.0 Å². The van der Waals surface area contributed by atoms with Crippen molar-refractivity contribution >= 4 is 17.7 Å². The molecule has 0 aliphatic heterocycles. The Morgan fingerprint density at radius 2 is 0.379 bits per heavy atom. The average molecular weight is 816 g/mol. The number of hydrogen-bond donors (Lipinski definition) is 0. The zero-order valence-corrected chi connectivity index (χ0v) is 40.6. The van der Waals surface area contributed by atoms with Gasteiger partial charge in [0.05, 0.1) is 0 Å². The summed E-state index contributed by atoms with van der Waals surface area (Å²) in [6.45, 7) is 13.9. The lowest BCUT2D eigenvalue weighted by Crippen LogP contribution is -2.41. The van der Waals surface area contributed by atoms with Crippen molar-refractivity contribution in [2.75, 3.05) is 0 Å². The molecule has 0 aliphatic carbocycles. The Hall–Kier alpha value is -1.19. The quantitative estimate of drug-likeness (QED) is 0.0575. The summed E-state index contributed by atoms with van der Waals surface area (Å²) in [6, 6.07) is 0. The number of unbranched alkanes of at least 4 members (excludes halogenated alkanes) is 33. The minimum atomic E-state index is -0.247. The lowest BCUT2D eigenvalue weighted by atomic mass is 10.0. The molecule has 0 N–H and O–H groups in total. The van der Waals surface area contributed by atoms with Crippen LogP contribution < -0.4 is 0 Å². The molecule has 0 fully saturated rings. The van der Waals surface area contributed by atoms with E-state index in [-0.39, 0.29) is 17.7 Å². The standard InChI is InChI=1S/C54H105NO3/c1-49(2)43-37-31-25-19-13-7-10-16-22-28-34-40-46-52(56)55(53(57)47-41-35-29-23-17-11-8-14-20-26-32-38-44-50(3)4)54(58)48-42-36-30-24-18-12-9-15-21-27-33-39-45-51(5)6/h49-51H,7-48H2,1-6H3. The first-order valence-corrected chi connectivity index (χ1v) is 26.5. The maximum atomic E-state index is 13.4. The second-order valence-electron chi connectivity index (χ2n) is 20.0. The molecule has 0 saturated carbocycles. The summed E-state index contributed by atoms with van der Waals surface area (Å²) < 4.78 is 0. The van der Waals surface area contributed by atoms with Crippen molar-refractivity contribution in [1.82, 2.24) is 4.90 Å². The van der Waals surface area contributed by atoms with Crippen molar-refractivity contribution in [3.8, 4) is 0 Å². The SMILES string of the molecule is CC(C)CCCCCCCCCCCCCCC(=O)N(C(=O)CCCCCCCCCCCCCCC(C)C)C(=O)CCCCCCCCCCCCCCC(C)C. The van der Waals surface area contributed by atoms with Crippen molar-refractivity contribution in [3.05, 3.63) is 0 Å². The molecule has 0 aromatic carbocycles. The molecule has 0 saturated heterocycles. The second-order valence-corrected chi connectivity index (χ2v) is 20.0. The molecule has 0 atom stereocenters. The first-order chi connectivity index (χ1) is 28.1. The molecule has 3 amide bonds. The van der Waals surface area contributed by atoms with Crippen LogP contribution in [0.4, 0.5) is 0 Å². The van der Waals surface area contributed by atoms with Gasteiger partial charge in [-0.1, -0.05) is 273 Å². The molecule has 0 bridgehead atoms. The van der Waals surface area contributed by atoms with E-state index in [9.17, 15) is 14.4 Å². The fraction of sp³-hybridized carbons (Fsp3) is 0.944. The Labute approximate surface area is 364 Å². The summed E-state index contributed by atoms with van der Waals surface area (Å²) in [7, 11) is 0. The highest BCUT2D eigenvalue weighted by Gasteiger charge is 2.27. The second kappa shape index (κ2) is 43.9. The van der Waals surface area contributed by atoms with Crippen LogP contribution in [0.2, 0.25) is 0 Å². The van der Waals surface area contributed by atoms with Crippen LogP contribution in [0.1, 0.15) is 311 Å². The highest BCUT2D eigenvalue weighted by atomic mass is 16.2. The minimum absolute atomic E-state index is 0.247. The van der Waals surface area contributed by atoms with Gasteiger partial charge in [0.15, 0.2) is 0 Å². The molecule has 0 heterocycles. The summed E-state index contributed by atoms with van der Waals surface area (Å²) in [5.41, 5.74) is 0. The van der Waals surface area contributed by atoms with Crippen molar-refractivity contribution in [2.24, 2.45) is 17.8 Å². The number of hydrogen-bond acceptors (Lipinski definition) is 3. The summed E-state index contributed by atoms with van der Waals surface area (Å²) >= 11 is 0. The molecule has 0 aliphatic rings. The third kappa shape index (κ3) is 41.5. The van der Waals surface area contributed by atoms with Crippen LogP contribution in [0.3, 0.4) is 0 Å². The van der Waals surface area contributed by atoms with Crippen LogP contribution in [-0.2, 0) is 14.4 Å². The van der Waals surface area contributed by atoms with E-state index in [1.807, 2.05) is 0 Å². The van der Waals surface area contributed by atoms with E-state index >= 15 is 0 Å². The maximum Gasteiger partial charge on any atom is 0.236 e. The number of carbonyl (C=O) groups excluding carboxylic acids is 3. The normalized spacial score (nSPS) is 11.7. The largest absolute Gasteiger partial charge is 0.274 e. The molecular formula is C54H105NO3. The van der Waals surface area contributed by atoms with Crippen molar-refractivity contribution in [3.63, 3.8) is 0 Å². The maximum absolute atomic E-state index is 13.4. The Bertz CT molecular complexity index is 781. The minimum Gasteiger partial charge on any atom is -0.274 e. The Morgan fingerprint density at radius 3 is 0.534 bits per heavy atom. The number of rotatable bonds is 45. The Balaban J connectivity index is 4.37. The summed E-state index contributed by atoms with van der Waals surface area (Å²) in [6.07, 6.45) is 50.1. The van der Waals surface area contributed by atoms with E-state index in [0.717, 1.165) is 80.4 Å². The molecule has 4 nitrogen and oxygen atoms in total. The molecule has 0 unspecified atom stereocenters. The summed E-state index contributed by atoms with van der Waals surface area (Å²) in [4.78, 5) is 41.2. The Kier molecular flexibility index (Phi) is 43.0. The molecule has 0 spiro atoms. The predicted octanol–water partition coefficient (Wildman–Crippen LogP) is 18.2. The Morgan fingerprint density at radius 1 is 0.241 bits per heavy atom. The lowest BCUT2D eigenvalue weighted by Gasteiger charge is -2.19. The topological polar surface area (TPSA) is 54.5 Å². The van der Waals surface area contributed by atoms with Crippen LogP contribution in [0.5, 0.6) is 0 Å². The van der Waals surface area contributed by atoms with Crippen molar-refractivity contribution < 1.29 is 14.4 Å². The average Bonchev–Trinajstić information content (AvgIpc) is 3.17. The number of nitrogens with zero attached hydrogens (tertiary/aromatic N) is 1. The van der Waals surface area contributed by atoms with Crippen LogP contribution in [0.25, 0.3) is 0 Å². The van der Waals surface area contributed by atoms with Gasteiger partial charge < -0.3 is 0 Å². The van der Waals surface area contributed by atoms with Crippen LogP contribution >= 0.6 is 0 Å². The zero-order chi connectivity index (χ0) is 42.7. The van der Waals surface area contributed by atoms with Gasteiger partial charge in [-0.25, -0.2) is 4.90 Å². The van der Waals surface area contributed by atoms with Gasteiger partial charge in [-0.15, -0.1) is 0 Å². The molecule has 0 aromatic rings. The monoisotopic (exact) mass is 816 g/mol. The lowest BCUT2D eigenvalue weighted by molar-refractivity contribution is -0.154. The van der Waals surface area contributed by atoms with Crippen molar-refractivity contribution in [1.29, 1.82) is 0 Å². The van der Waals surface area contributed by atoms with E-state index in [2.05, 4.69) is 41.5 Å².